The van der Waals surface area contributed by atoms with Gasteiger partial charge in [0, 0.05) is 6.04 Å². The van der Waals surface area contributed by atoms with Crippen molar-refractivity contribution in [3.63, 3.8) is 0 Å². The maximum absolute atomic E-state index is 13.8. The third kappa shape index (κ3) is 2.92. The van der Waals surface area contributed by atoms with Gasteiger partial charge in [-0.2, -0.15) is 0 Å². The molecule has 0 heterocycles. The third-order valence-electron chi connectivity index (χ3n) is 4.51. The molecule has 104 valence electrons. The molecule has 0 bridgehead atoms. The Morgan fingerprint density at radius 1 is 1.26 bits per heavy atom. The Kier molecular flexibility index (Phi) is 3.74. The molecule has 2 aliphatic carbocycles. The Hall–Kier alpha value is -1.09. The van der Waals surface area contributed by atoms with E-state index in [1.165, 1.54) is 39.2 Å². The number of halogens is 1. The standard InChI is InChI=1S/C16H22FNO/c1-19-16-8-5-11(9-15(16)17)14-4-2-3-12(14)10-18-13-6-7-13/h5,8-9,12-14,18H,2-4,6-7,10H2,1H3. The lowest BCUT2D eigenvalue weighted by Gasteiger charge is -2.21. The maximum atomic E-state index is 13.8. The highest BCUT2D eigenvalue weighted by molar-refractivity contribution is 5.32. The van der Waals surface area contributed by atoms with E-state index >= 15 is 0 Å². The van der Waals surface area contributed by atoms with Crippen molar-refractivity contribution in [3.8, 4) is 5.75 Å². The van der Waals surface area contributed by atoms with Gasteiger partial charge in [0.15, 0.2) is 11.6 Å². The van der Waals surface area contributed by atoms with E-state index in [-0.39, 0.29) is 5.82 Å². The van der Waals surface area contributed by atoms with Crippen LogP contribution < -0.4 is 10.1 Å². The second-order valence-corrected chi connectivity index (χ2v) is 5.87. The molecule has 0 aliphatic heterocycles. The van der Waals surface area contributed by atoms with Gasteiger partial charge < -0.3 is 10.1 Å². The largest absolute Gasteiger partial charge is 0.494 e. The lowest BCUT2D eigenvalue weighted by atomic mass is 9.88. The van der Waals surface area contributed by atoms with Crippen molar-refractivity contribution in [2.24, 2.45) is 5.92 Å². The van der Waals surface area contributed by atoms with E-state index in [0.717, 1.165) is 18.2 Å². The molecule has 1 aromatic rings. The van der Waals surface area contributed by atoms with Gasteiger partial charge in [0.05, 0.1) is 7.11 Å². The van der Waals surface area contributed by atoms with Crippen LogP contribution in [0, 0.1) is 11.7 Å². The molecule has 1 aromatic carbocycles. The summed E-state index contributed by atoms with van der Waals surface area (Å²) >= 11 is 0. The first kappa shape index (κ1) is 12.9. The molecule has 2 atom stereocenters. The van der Waals surface area contributed by atoms with Gasteiger partial charge in [-0.25, -0.2) is 4.39 Å². The zero-order chi connectivity index (χ0) is 13.2. The Balaban J connectivity index is 1.70. The Morgan fingerprint density at radius 3 is 2.79 bits per heavy atom. The summed E-state index contributed by atoms with van der Waals surface area (Å²) in [7, 11) is 1.51. The summed E-state index contributed by atoms with van der Waals surface area (Å²) in [5.41, 5.74) is 1.14. The number of benzene rings is 1. The first-order chi connectivity index (χ1) is 9.28. The SMILES string of the molecule is COc1ccc(C2CCCC2CNC2CC2)cc1F. The zero-order valence-electron chi connectivity index (χ0n) is 11.5. The molecule has 19 heavy (non-hydrogen) atoms. The van der Waals surface area contributed by atoms with Crippen molar-refractivity contribution in [1.29, 1.82) is 0 Å². The van der Waals surface area contributed by atoms with Crippen molar-refractivity contribution in [3.05, 3.63) is 29.6 Å². The quantitative estimate of drug-likeness (QED) is 0.878. The molecular weight excluding hydrogens is 241 g/mol. The Morgan fingerprint density at radius 2 is 2.11 bits per heavy atom. The number of rotatable bonds is 5. The van der Waals surface area contributed by atoms with Crippen molar-refractivity contribution in [2.45, 2.75) is 44.1 Å². The van der Waals surface area contributed by atoms with E-state index in [4.69, 9.17) is 4.74 Å². The average Bonchev–Trinajstić information content (AvgIpc) is 3.13. The van der Waals surface area contributed by atoms with E-state index in [9.17, 15) is 4.39 Å². The van der Waals surface area contributed by atoms with Crippen molar-refractivity contribution in [1.82, 2.24) is 5.32 Å². The van der Waals surface area contributed by atoms with Gasteiger partial charge in [-0.05, 0) is 61.8 Å². The third-order valence-corrected chi connectivity index (χ3v) is 4.51. The second-order valence-electron chi connectivity index (χ2n) is 5.87. The first-order valence-corrected chi connectivity index (χ1v) is 7.34. The van der Waals surface area contributed by atoms with E-state index in [1.54, 1.807) is 12.1 Å². The van der Waals surface area contributed by atoms with Crippen LogP contribution in [0.5, 0.6) is 5.75 Å². The number of hydrogen-bond donors (Lipinski definition) is 1. The van der Waals surface area contributed by atoms with Crippen molar-refractivity contribution >= 4 is 0 Å². The molecule has 0 radical (unpaired) electrons. The van der Waals surface area contributed by atoms with Gasteiger partial charge in [0.25, 0.3) is 0 Å². The summed E-state index contributed by atoms with van der Waals surface area (Å²) in [5.74, 6) is 1.27. The minimum atomic E-state index is -0.235. The molecule has 0 amide bonds. The molecule has 2 nitrogen and oxygen atoms in total. The van der Waals surface area contributed by atoms with Crippen molar-refractivity contribution < 1.29 is 9.13 Å². The fourth-order valence-electron chi connectivity index (χ4n) is 3.24. The lowest BCUT2D eigenvalue weighted by Crippen LogP contribution is -2.26. The fourth-order valence-corrected chi connectivity index (χ4v) is 3.24. The van der Waals surface area contributed by atoms with Gasteiger partial charge in [-0.3, -0.25) is 0 Å². The van der Waals surface area contributed by atoms with E-state index in [0.29, 0.717) is 17.6 Å². The smallest absolute Gasteiger partial charge is 0.165 e. The van der Waals surface area contributed by atoms with Crippen LogP contribution >= 0.6 is 0 Å². The topological polar surface area (TPSA) is 21.3 Å². The summed E-state index contributed by atoms with van der Waals surface area (Å²) in [6.07, 6.45) is 6.36. The van der Waals surface area contributed by atoms with E-state index in [2.05, 4.69) is 5.32 Å². The van der Waals surface area contributed by atoms with Crippen molar-refractivity contribution in [2.75, 3.05) is 13.7 Å². The van der Waals surface area contributed by atoms with Gasteiger partial charge in [-0.15, -0.1) is 0 Å². The lowest BCUT2D eigenvalue weighted by molar-refractivity contribution is 0.384. The van der Waals surface area contributed by atoms with E-state index < -0.39 is 0 Å². The first-order valence-electron chi connectivity index (χ1n) is 7.34. The molecule has 2 fully saturated rings. The molecule has 0 spiro atoms. The minimum absolute atomic E-state index is 0.235. The average molecular weight is 263 g/mol. The normalized spacial score (nSPS) is 26.6. The summed E-state index contributed by atoms with van der Waals surface area (Å²) in [6.45, 7) is 1.09. The van der Waals surface area contributed by atoms with Gasteiger partial charge >= 0.3 is 0 Å². The number of nitrogens with one attached hydrogen (secondary N) is 1. The zero-order valence-corrected chi connectivity index (χ0v) is 11.5. The molecular formula is C16H22FNO. The summed E-state index contributed by atoms with van der Waals surface area (Å²) < 4.78 is 18.8. The summed E-state index contributed by atoms with van der Waals surface area (Å²) in [5, 5.41) is 3.62. The van der Waals surface area contributed by atoms with E-state index in [1.807, 2.05) is 6.07 Å². The van der Waals surface area contributed by atoms with Gasteiger partial charge in [0.2, 0.25) is 0 Å². The molecule has 1 N–H and O–H groups in total. The maximum Gasteiger partial charge on any atom is 0.165 e. The van der Waals surface area contributed by atoms with Crippen LogP contribution in [-0.2, 0) is 0 Å². The molecule has 3 heteroatoms. The monoisotopic (exact) mass is 263 g/mol. The minimum Gasteiger partial charge on any atom is -0.494 e. The van der Waals surface area contributed by atoms with Crippen LogP contribution in [0.2, 0.25) is 0 Å². The highest BCUT2D eigenvalue weighted by atomic mass is 19.1. The number of hydrogen-bond acceptors (Lipinski definition) is 2. The highest BCUT2D eigenvalue weighted by Crippen LogP contribution is 2.40. The predicted molar refractivity (Wildman–Crippen MR) is 74.1 cm³/mol. The van der Waals surface area contributed by atoms with Crippen LogP contribution in [0.15, 0.2) is 18.2 Å². The van der Waals surface area contributed by atoms with Gasteiger partial charge in [0.1, 0.15) is 0 Å². The predicted octanol–water partition coefficient (Wildman–Crippen LogP) is 3.47. The molecule has 2 unspecified atom stereocenters. The summed E-state index contributed by atoms with van der Waals surface area (Å²) in [6, 6.07) is 6.21. The van der Waals surface area contributed by atoms with Crippen LogP contribution in [0.3, 0.4) is 0 Å². The van der Waals surface area contributed by atoms with Crippen LogP contribution in [0.4, 0.5) is 4.39 Å². The molecule has 0 aromatic heterocycles. The molecule has 2 saturated carbocycles. The van der Waals surface area contributed by atoms with Gasteiger partial charge in [-0.1, -0.05) is 12.5 Å². The highest BCUT2D eigenvalue weighted by Gasteiger charge is 2.30. The second kappa shape index (κ2) is 5.49. The van der Waals surface area contributed by atoms with Crippen LogP contribution in [0.1, 0.15) is 43.6 Å². The van der Waals surface area contributed by atoms with Crippen LogP contribution in [0.25, 0.3) is 0 Å². The number of ether oxygens (including phenoxy) is 1. The summed E-state index contributed by atoms with van der Waals surface area (Å²) in [4.78, 5) is 0. The molecule has 3 rings (SSSR count). The molecule has 2 aliphatic rings. The number of methoxy groups -OCH3 is 1. The molecule has 0 saturated heterocycles. The fraction of sp³-hybridized carbons (Fsp3) is 0.625. The van der Waals surface area contributed by atoms with Crippen LogP contribution in [-0.4, -0.2) is 19.7 Å². The Bertz CT molecular complexity index is 444. The Labute approximate surface area is 114 Å².